The quantitative estimate of drug-likeness (QED) is 0.872. The van der Waals surface area contributed by atoms with Crippen molar-refractivity contribution in [1.82, 2.24) is 9.88 Å². The van der Waals surface area contributed by atoms with Crippen molar-refractivity contribution in [3.63, 3.8) is 0 Å². The van der Waals surface area contributed by atoms with Crippen molar-refractivity contribution >= 4 is 0 Å². The van der Waals surface area contributed by atoms with Gasteiger partial charge in [0.05, 0.1) is 5.69 Å². The van der Waals surface area contributed by atoms with Crippen LogP contribution in [0.15, 0.2) is 12.1 Å². The average molecular weight is 263 g/mol. The van der Waals surface area contributed by atoms with Crippen molar-refractivity contribution in [3.05, 3.63) is 23.5 Å². The summed E-state index contributed by atoms with van der Waals surface area (Å²) < 4.78 is 0. The van der Waals surface area contributed by atoms with Crippen molar-refractivity contribution in [3.8, 4) is 5.75 Å². The molecule has 2 unspecified atom stereocenters. The number of pyridine rings is 1. The van der Waals surface area contributed by atoms with E-state index in [4.69, 9.17) is 5.73 Å². The highest BCUT2D eigenvalue weighted by Gasteiger charge is 2.27. The summed E-state index contributed by atoms with van der Waals surface area (Å²) in [6, 6.07) is 4.08. The van der Waals surface area contributed by atoms with Gasteiger partial charge in [-0.2, -0.15) is 0 Å². The number of aryl methyl sites for hydroxylation is 1. The number of nitrogens with two attached hydrogens (primary N) is 1. The molecule has 1 aromatic heterocycles. The number of nitrogens with zero attached hydrogens (tertiary/aromatic N) is 2. The van der Waals surface area contributed by atoms with E-state index in [2.05, 4.69) is 16.9 Å². The lowest BCUT2D eigenvalue weighted by Gasteiger charge is -2.37. The minimum atomic E-state index is 0.289. The maximum Gasteiger partial charge on any atom is 0.138 e. The van der Waals surface area contributed by atoms with Gasteiger partial charge < -0.3 is 10.8 Å². The zero-order chi connectivity index (χ0) is 13.8. The monoisotopic (exact) mass is 263 g/mol. The molecule has 0 aromatic carbocycles. The maximum absolute atomic E-state index is 9.89. The van der Waals surface area contributed by atoms with Gasteiger partial charge in [-0.1, -0.05) is 12.8 Å². The van der Waals surface area contributed by atoms with Gasteiger partial charge in [-0.15, -0.1) is 0 Å². The summed E-state index contributed by atoms with van der Waals surface area (Å²) in [6.45, 7) is 3.39. The first-order valence-electron chi connectivity index (χ1n) is 7.17. The molecule has 106 valence electrons. The minimum absolute atomic E-state index is 0.289. The van der Waals surface area contributed by atoms with Gasteiger partial charge in [0.15, 0.2) is 0 Å². The van der Waals surface area contributed by atoms with Crippen LogP contribution in [0, 0.1) is 12.8 Å². The first kappa shape index (κ1) is 14.3. The Hall–Kier alpha value is -1.13. The first-order valence-corrected chi connectivity index (χ1v) is 7.17. The van der Waals surface area contributed by atoms with Crippen LogP contribution >= 0.6 is 0 Å². The molecule has 1 saturated carbocycles. The van der Waals surface area contributed by atoms with Crippen LogP contribution in [0.1, 0.15) is 37.1 Å². The molecule has 19 heavy (non-hydrogen) atoms. The molecule has 0 saturated heterocycles. The number of hydrogen-bond donors (Lipinski definition) is 2. The van der Waals surface area contributed by atoms with E-state index >= 15 is 0 Å². The Kier molecular flexibility index (Phi) is 4.77. The van der Waals surface area contributed by atoms with E-state index in [9.17, 15) is 5.11 Å². The summed E-state index contributed by atoms with van der Waals surface area (Å²) in [5.74, 6) is 0.864. The van der Waals surface area contributed by atoms with Crippen LogP contribution in [0.2, 0.25) is 0 Å². The molecule has 3 N–H and O–H groups in total. The fraction of sp³-hybridized carbons (Fsp3) is 0.667. The van der Waals surface area contributed by atoms with E-state index in [-0.39, 0.29) is 5.75 Å². The lowest BCUT2D eigenvalue weighted by Crippen LogP contribution is -2.42. The predicted molar refractivity (Wildman–Crippen MR) is 76.9 cm³/mol. The highest BCUT2D eigenvalue weighted by Crippen LogP contribution is 2.28. The van der Waals surface area contributed by atoms with Gasteiger partial charge in [-0.3, -0.25) is 9.88 Å². The Labute approximate surface area is 115 Å². The summed E-state index contributed by atoms with van der Waals surface area (Å²) in [7, 11) is 2.11. The van der Waals surface area contributed by atoms with E-state index in [1.54, 1.807) is 6.07 Å². The number of rotatable bonds is 4. The smallest absolute Gasteiger partial charge is 0.138 e. The number of aromatic hydroxyl groups is 1. The van der Waals surface area contributed by atoms with Gasteiger partial charge in [-0.25, -0.2) is 0 Å². The lowest BCUT2D eigenvalue weighted by molar-refractivity contribution is 0.125. The Morgan fingerprint density at radius 2 is 2.11 bits per heavy atom. The molecule has 1 aromatic rings. The van der Waals surface area contributed by atoms with Crippen LogP contribution in [0.3, 0.4) is 0 Å². The standard InChI is InChI=1S/C15H25N3O/c1-11-7-8-15(19)13(17-11)10-18(2)14-6-4-3-5-12(14)9-16/h7-8,12,14,19H,3-6,9-10,16H2,1-2H3. The second kappa shape index (κ2) is 6.35. The van der Waals surface area contributed by atoms with Gasteiger partial charge in [0.1, 0.15) is 5.75 Å². The van der Waals surface area contributed by atoms with Crippen molar-refractivity contribution < 1.29 is 5.11 Å². The van der Waals surface area contributed by atoms with E-state index < -0.39 is 0 Å². The van der Waals surface area contributed by atoms with Crippen molar-refractivity contribution in [2.45, 2.75) is 45.2 Å². The largest absolute Gasteiger partial charge is 0.506 e. The van der Waals surface area contributed by atoms with Crippen LogP contribution in [0.5, 0.6) is 5.75 Å². The second-order valence-electron chi connectivity index (χ2n) is 5.68. The van der Waals surface area contributed by atoms with Gasteiger partial charge in [-0.05, 0) is 51.4 Å². The third-order valence-corrected chi connectivity index (χ3v) is 4.23. The highest BCUT2D eigenvalue weighted by molar-refractivity contribution is 5.27. The van der Waals surface area contributed by atoms with Gasteiger partial charge in [0, 0.05) is 18.3 Å². The number of hydrogen-bond acceptors (Lipinski definition) is 4. The SMILES string of the molecule is Cc1ccc(O)c(CN(C)C2CCCCC2CN)n1. The van der Waals surface area contributed by atoms with Crippen LogP contribution in [-0.2, 0) is 6.54 Å². The zero-order valence-electron chi connectivity index (χ0n) is 12.0. The van der Waals surface area contributed by atoms with Crippen molar-refractivity contribution in [2.75, 3.05) is 13.6 Å². The topological polar surface area (TPSA) is 62.4 Å². The molecule has 4 nitrogen and oxygen atoms in total. The van der Waals surface area contributed by atoms with E-state index in [0.29, 0.717) is 18.5 Å². The Morgan fingerprint density at radius 3 is 2.84 bits per heavy atom. The van der Waals surface area contributed by atoms with Gasteiger partial charge >= 0.3 is 0 Å². The summed E-state index contributed by atoms with van der Waals surface area (Å²) in [5, 5.41) is 9.89. The summed E-state index contributed by atoms with van der Waals surface area (Å²) >= 11 is 0. The van der Waals surface area contributed by atoms with Crippen LogP contribution < -0.4 is 5.73 Å². The van der Waals surface area contributed by atoms with Crippen molar-refractivity contribution in [2.24, 2.45) is 11.7 Å². The van der Waals surface area contributed by atoms with Crippen LogP contribution in [0.25, 0.3) is 0 Å². The molecule has 2 atom stereocenters. The van der Waals surface area contributed by atoms with Crippen LogP contribution in [-0.4, -0.2) is 34.6 Å². The maximum atomic E-state index is 9.89. The average Bonchev–Trinajstić information content (AvgIpc) is 2.42. The van der Waals surface area contributed by atoms with E-state index in [1.165, 1.54) is 25.7 Å². The molecule has 0 spiro atoms. The van der Waals surface area contributed by atoms with E-state index in [0.717, 1.165) is 17.9 Å². The molecule has 4 heteroatoms. The molecule has 0 radical (unpaired) electrons. The summed E-state index contributed by atoms with van der Waals surface area (Å²) in [5.41, 5.74) is 7.60. The molecule has 0 amide bonds. The molecule has 0 aliphatic heterocycles. The Balaban J connectivity index is 2.06. The number of aromatic nitrogens is 1. The summed E-state index contributed by atoms with van der Waals surface area (Å²) in [6.07, 6.45) is 4.99. The molecule has 2 rings (SSSR count). The molecule has 0 bridgehead atoms. The lowest BCUT2D eigenvalue weighted by atomic mass is 9.83. The zero-order valence-corrected chi connectivity index (χ0v) is 12.0. The molecule has 1 fully saturated rings. The third-order valence-electron chi connectivity index (χ3n) is 4.23. The molecule has 1 aliphatic carbocycles. The normalized spacial score (nSPS) is 23.8. The first-order chi connectivity index (χ1) is 9.11. The fourth-order valence-electron chi connectivity index (χ4n) is 3.12. The second-order valence-corrected chi connectivity index (χ2v) is 5.68. The van der Waals surface area contributed by atoms with Gasteiger partial charge in [0.25, 0.3) is 0 Å². The molecule has 1 heterocycles. The Bertz CT molecular complexity index is 422. The Morgan fingerprint density at radius 1 is 1.37 bits per heavy atom. The fourth-order valence-corrected chi connectivity index (χ4v) is 3.12. The summed E-state index contributed by atoms with van der Waals surface area (Å²) in [4.78, 5) is 6.74. The molecular formula is C15H25N3O. The minimum Gasteiger partial charge on any atom is -0.506 e. The van der Waals surface area contributed by atoms with E-state index in [1.807, 2.05) is 13.0 Å². The van der Waals surface area contributed by atoms with Crippen molar-refractivity contribution in [1.29, 1.82) is 0 Å². The molecular weight excluding hydrogens is 238 g/mol. The molecule has 1 aliphatic rings. The van der Waals surface area contributed by atoms with Crippen LogP contribution in [0.4, 0.5) is 0 Å². The highest BCUT2D eigenvalue weighted by atomic mass is 16.3. The predicted octanol–water partition coefficient (Wildman–Crippen LogP) is 2.04. The third kappa shape index (κ3) is 3.45. The van der Waals surface area contributed by atoms with Gasteiger partial charge in [0.2, 0.25) is 0 Å².